The highest BCUT2D eigenvalue weighted by atomic mass is 16.5. The van der Waals surface area contributed by atoms with E-state index in [1.165, 1.54) is 0 Å². The van der Waals surface area contributed by atoms with E-state index in [0.29, 0.717) is 6.54 Å². The van der Waals surface area contributed by atoms with Crippen molar-refractivity contribution in [3.8, 4) is 5.75 Å². The van der Waals surface area contributed by atoms with Crippen molar-refractivity contribution < 1.29 is 4.74 Å². The number of tetrazole rings is 1. The van der Waals surface area contributed by atoms with Gasteiger partial charge in [0.25, 0.3) is 0 Å². The molecule has 2 aromatic rings. The zero-order valence-corrected chi connectivity index (χ0v) is 13.3. The Morgan fingerprint density at radius 1 is 1.24 bits per heavy atom. The Kier molecular flexibility index (Phi) is 4.57. The largest absolute Gasteiger partial charge is 0.497 e. The summed E-state index contributed by atoms with van der Waals surface area (Å²) in [6.45, 7) is 9.08. The Balaban J connectivity index is 2.15. The van der Waals surface area contributed by atoms with Gasteiger partial charge in [-0.2, -0.15) is 0 Å². The highest BCUT2D eigenvalue weighted by Crippen LogP contribution is 2.20. The average molecular weight is 289 g/mol. The molecule has 0 spiro atoms. The van der Waals surface area contributed by atoms with Gasteiger partial charge in [-0.15, -0.1) is 5.10 Å². The average Bonchev–Trinajstić information content (AvgIpc) is 2.92. The lowest BCUT2D eigenvalue weighted by Crippen LogP contribution is -2.36. The highest BCUT2D eigenvalue weighted by molar-refractivity contribution is 5.29. The van der Waals surface area contributed by atoms with Gasteiger partial charge in [0, 0.05) is 5.54 Å². The van der Waals surface area contributed by atoms with E-state index in [4.69, 9.17) is 4.74 Å². The van der Waals surface area contributed by atoms with Crippen LogP contribution in [-0.2, 0) is 6.54 Å². The molecule has 0 aliphatic heterocycles. The monoisotopic (exact) mass is 289 g/mol. The number of rotatable bonds is 5. The van der Waals surface area contributed by atoms with Crippen LogP contribution in [0.3, 0.4) is 0 Å². The second-order valence-electron chi connectivity index (χ2n) is 6.09. The quantitative estimate of drug-likeness (QED) is 0.914. The SMILES string of the molecule is COc1ccc(C(C)n2nnnc2CNC(C)(C)C)cc1. The molecule has 0 amide bonds. The fourth-order valence-electron chi connectivity index (χ4n) is 2.00. The van der Waals surface area contributed by atoms with Crippen LogP contribution in [0, 0.1) is 0 Å². The normalized spacial score (nSPS) is 13.2. The van der Waals surface area contributed by atoms with Crippen LogP contribution in [0.1, 0.15) is 45.1 Å². The summed E-state index contributed by atoms with van der Waals surface area (Å²) >= 11 is 0. The number of hydrogen-bond donors (Lipinski definition) is 1. The molecule has 1 aromatic carbocycles. The van der Waals surface area contributed by atoms with Crippen LogP contribution < -0.4 is 10.1 Å². The third-order valence-corrected chi connectivity index (χ3v) is 3.30. The molecule has 6 nitrogen and oxygen atoms in total. The van der Waals surface area contributed by atoms with Crippen LogP contribution in [0.2, 0.25) is 0 Å². The van der Waals surface area contributed by atoms with Crippen molar-refractivity contribution >= 4 is 0 Å². The smallest absolute Gasteiger partial charge is 0.165 e. The summed E-state index contributed by atoms with van der Waals surface area (Å²) in [5.41, 5.74) is 1.17. The second-order valence-corrected chi connectivity index (χ2v) is 6.09. The lowest BCUT2D eigenvalue weighted by Gasteiger charge is -2.21. The van der Waals surface area contributed by atoms with Gasteiger partial charge in [0.2, 0.25) is 0 Å². The fourth-order valence-corrected chi connectivity index (χ4v) is 2.00. The van der Waals surface area contributed by atoms with Gasteiger partial charge < -0.3 is 10.1 Å². The van der Waals surface area contributed by atoms with Crippen molar-refractivity contribution in [3.63, 3.8) is 0 Å². The van der Waals surface area contributed by atoms with E-state index in [0.717, 1.165) is 17.1 Å². The lowest BCUT2D eigenvalue weighted by atomic mass is 10.1. The first-order chi connectivity index (χ1) is 9.90. The Hall–Kier alpha value is -1.95. The van der Waals surface area contributed by atoms with Crippen molar-refractivity contribution in [1.82, 2.24) is 25.5 Å². The van der Waals surface area contributed by atoms with Gasteiger partial charge >= 0.3 is 0 Å². The summed E-state index contributed by atoms with van der Waals surface area (Å²) in [7, 11) is 1.66. The molecule has 21 heavy (non-hydrogen) atoms. The molecule has 0 saturated heterocycles. The molecule has 0 saturated carbocycles. The number of methoxy groups -OCH3 is 1. The van der Waals surface area contributed by atoms with Gasteiger partial charge in [-0.05, 0) is 55.8 Å². The van der Waals surface area contributed by atoms with E-state index in [-0.39, 0.29) is 11.6 Å². The van der Waals surface area contributed by atoms with E-state index in [9.17, 15) is 0 Å². The summed E-state index contributed by atoms with van der Waals surface area (Å²) in [6.07, 6.45) is 0. The van der Waals surface area contributed by atoms with E-state index in [1.807, 2.05) is 28.9 Å². The first-order valence-corrected chi connectivity index (χ1v) is 7.06. The molecule has 1 aromatic heterocycles. The topological polar surface area (TPSA) is 64.9 Å². The minimum atomic E-state index is 0.0279. The van der Waals surface area contributed by atoms with E-state index < -0.39 is 0 Å². The van der Waals surface area contributed by atoms with Gasteiger partial charge in [-0.3, -0.25) is 0 Å². The molecule has 0 aliphatic rings. The van der Waals surface area contributed by atoms with Crippen molar-refractivity contribution in [2.75, 3.05) is 7.11 Å². The molecule has 6 heteroatoms. The Morgan fingerprint density at radius 2 is 1.90 bits per heavy atom. The third-order valence-electron chi connectivity index (χ3n) is 3.30. The molecule has 114 valence electrons. The van der Waals surface area contributed by atoms with Crippen LogP contribution in [0.4, 0.5) is 0 Å². The summed E-state index contributed by atoms with van der Waals surface area (Å²) < 4.78 is 7.03. The standard InChI is InChI=1S/C15H23N5O/c1-11(12-6-8-13(21-5)9-7-12)20-14(17-18-19-20)10-16-15(2,3)4/h6-9,11,16H,10H2,1-5H3. The molecule has 0 radical (unpaired) electrons. The molecule has 0 aliphatic carbocycles. The van der Waals surface area contributed by atoms with Crippen molar-refractivity contribution in [3.05, 3.63) is 35.7 Å². The third kappa shape index (κ3) is 4.01. The van der Waals surface area contributed by atoms with Crippen LogP contribution in [0.25, 0.3) is 0 Å². The number of nitrogens with zero attached hydrogens (tertiary/aromatic N) is 4. The van der Waals surface area contributed by atoms with Gasteiger partial charge in [-0.1, -0.05) is 12.1 Å². The number of benzene rings is 1. The minimum Gasteiger partial charge on any atom is -0.497 e. The summed E-state index contributed by atoms with van der Waals surface area (Å²) in [5.74, 6) is 1.67. The Labute approximate surface area is 125 Å². The maximum Gasteiger partial charge on any atom is 0.165 e. The maximum absolute atomic E-state index is 5.18. The van der Waals surface area contributed by atoms with Crippen molar-refractivity contribution in [2.24, 2.45) is 0 Å². The zero-order valence-electron chi connectivity index (χ0n) is 13.3. The van der Waals surface area contributed by atoms with Gasteiger partial charge in [-0.25, -0.2) is 4.68 Å². The molecule has 2 rings (SSSR count). The fraction of sp³-hybridized carbons (Fsp3) is 0.533. The highest BCUT2D eigenvalue weighted by Gasteiger charge is 2.17. The van der Waals surface area contributed by atoms with Gasteiger partial charge in [0.1, 0.15) is 5.75 Å². The number of ether oxygens (including phenoxy) is 1. The van der Waals surface area contributed by atoms with Crippen LogP contribution >= 0.6 is 0 Å². The van der Waals surface area contributed by atoms with Gasteiger partial charge in [0.05, 0.1) is 19.7 Å². The molecule has 0 fully saturated rings. The zero-order chi connectivity index (χ0) is 15.5. The van der Waals surface area contributed by atoms with Crippen LogP contribution in [0.15, 0.2) is 24.3 Å². The molecule has 1 heterocycles. The molecule has 0 bridgehead atoms. The van der Waals surface area contributed by atoms with E-state index in [1.54, 1.807) is 7.11 Å². The summed E-state index contributed by atoms with van der Waals surface area (Å²) in [5, 5.41) is 15.4. The number of aromatic nitrogens is 4. The molecule has 1 atom stereocenters. The van der Waals surface area contributed by atoms with Crippen molar-refractivity contribution in [2.45, 2.75) is 45.8 Å². The van der Waals surface area contributed by atoms with E-state index in [2.05, 4.69) is 48.5 Å². The maximum atomic E-state index is 5.18. The Bertz CT molecular complexity index is 570. The number of nitrogens with one attached hydrogen (secondary N) is 1. The predicted molar refractivity (Wildman–Crippen MR) is 81.2 cm³/mol. The van der Waals surface area contributed by atoms with Crippen molar-refractivity contribution in [1.29, 1.82) is 0 Å². The lowest BCUT2D eigenvalue weighted by molar-refractivity contribution is 0.402. The molecular formula is C15H23N5O. The van der Waals surface area contributed by atoms with E-state index >= 15 is 0 Å². The summed E-state index contributed by atoms with van der Waals surface area (Å²) in [6, 6.07) is 8.04. The molecule has 1 N–H and O–H groups in total. The molecule has 1 unspecified atom stereocenters. The van der Waals surface area contributed by atoms with Gasteiger partial charge in [0.15, 0.2) is 5.82 Å². The summed E-state index contributed by atoms with van der Waals surface area (Å²) in [4.78, 5) is 0. The van der Waals surface area contributed by atoms with Crippen LogP contribution in [-0.4, -0.2) is 32.9 Å². The number of hydrogen-bond acceptors (Lipinski definition) is 5. The predicted octanol–water partition coefficient (Wildman–Crippen LogP) is 2.18. The van der Waals surface area contributed by atoms with Crippen LogP contribution in [0.5, 0.6) is 5.75 Å². The minimum absolute atomic E-state index is 0.0279. The molecular weight excluding hydrogens is 266 g/mol. The first kappa shape index (κ1) is 15.4. The second kappa shape index (κ2) is 6.22. The first-order valence-electron chi connectivity index (χ1n) is 7.06. The Morgan fingerprint density at radius 3 is 2.48 bits per heavy atom.